The van der Waals surface area contributed by atoms with Crippen LogP contribution >= 0.6 is 0 Å². The van der Waals surface area contributed by atoms with Crippen LogP contribution in [0.4, 0.5) is 0 Å². The predicted molar refractivity (Wildman–Crippen MR) is 179 cm³/mol. The van der Waals surface area contributed by atoms with Crippen LogP contribution in [-0.2, 0) is 0 Å². The van der Waals surface area contributed by atoms with Crippen LogP contribution in [0.25, 0.3) is 0 Å². The molecule has 39 heavy (non-hydrogen) atoms. The van der Waals surface area contributed by atoms with Gasteiger partial charge in [0.25, 0.3) is 0 Å². The lowest BCUT2D eigenvalue weighted by atomic mass is 10.1. The fourth-order valence-corrected chi connectivity index (χ4v) is 5.72. The Balaban J connectivity index is 3.53. The van der Waals surface area contributed by atoms with Crippen molar-refractivity contribution in [2.75, 3.05) is 67.5 Å². The zero-order chi connectivity index (χ0) is 28.9. The van der Waals surface area contributed by atoms with E-state index in [-0.39, 0.29) is 0 Å². The SMILES string of the molecule is CCCCCCCCCCCCCCN(C)CCN(C)CC[N+](C)(C)CCCCCCCCCCCCCC. The van der Waals surface area contributed by atoms with E-state index in [1.807, 2.05) is 0 Å². The first-order chi connectivity index (χ1) is 18.9. The van der Waals surface area contributed by atoms with Crippen molar-refractivity contribution in [3.8, 4) is 0 Å². The second kappa shape index (κ2) is 29.4. The van der Waals surface area contributed by atoms with Crippen molar-refractivity contribution in [3.05, 3.63) is 0 Å². The lowest BCUT2D eigenvalue weighted by molar-refractivity contribution is -0.890. The number of quaternary nitrogens is 1. The molecule has 0 aromatic heterocycles. The fourth-order valence-electron chi connectivity index (χ4n) is 5.72. The average molecular weight is 553 g/mol. The maximum atomic E-state index is 2.56. The largest absolute Gasteiger partial charge is 0.327 e. The van der Waals surface area contributed by atoms with E-state index in [1.165, 1.54) is 198 Å². The molecule has 0 rings (SSSR count). The van der Waals surface area contributed by atoms with Crippen LogP contribution < -0.4 is 0 Å². The third-order valence-corrected chi connectivity index (χ3v) is 8.96. The Morgan fingerprint density at radius 1 is 0.333 bits per heavy atom. The summed E-state index contributed by atoms with van der Waals surface area (Å²) in [6.45, 7) is 12.1. The summed E-state index contributed by atoms with van der Waals surface area (Å²) in [5.41, 5.74) is 0. The van der Waals surface area contributed by atoms with Gasteiger partial charge in [-0.1, -0.05) is 149 Å². The highest BCUT2D eigenvalue weighted by molar-refractivity contribution is 4.58. The fraction of sp³-hybridized carbons (Fsp3) is 1.00. The molecule has 0 saturated carbocycles. The van der Waals surface area contributed by atoms with Crippen molar-refractivity contribution >= 4 is 0 Å². The van der Waals surface area contributed by atoms with Gasteiger partial charge in [0.2, 0.25) is 0 Å². The molecule has 0 unspecified atom stereocenters. The molecule has 0 aliphatic carbocycles. The minimum absolute atomic E-state index is 1.18. The van der Waals surface area contributed by atoms with E-state index in [1.54, 1.807) is 0 Å². The van der Waals surface area contributed by atoms with Crippen molar-refractivity contribution in [2.45, 2.75) is 168 Å². The molecule has 3 heteroatoms. The molecule has 3 nitrogen and oxygen atoms in total. The molecule has 0 aliphatic rings. The number of hydrogen-bond acceptors (Lipinski definition) is 2. The molecule has 0 fully saturated rings. The van der Waals surface area contributed by atoms with Crippen molar-refractivity contribution in [1.29, 1.82) is 0 Å². The number of likely N-dealkylation sites (N-methyl/N-ethyl adjacent to an activating group) is 3. The lowest BCUT2D eigenvalue weighted by Gasteiger charge is -2.32. The molecule has 0 spiro atoms. The molecule has 0 aliphatic heterocycles. The van der Waals surface area contributed by atoms with Crippen LogP contribution in [0.3, 0.4) is 0 Å². The summed E-state index contributed by atoms with van der Waals surface area (Å²) in [7, 11) is 9.51. The van der Waals surface area contributed by atoms with Gasteiger partial charge >= 0.3 is 0 Å². The van der Waals surface area contributed by atoms with E-state index >= 15 is 0 Å². The van der Waals surface area contributed by atoms with E-state index in [2.05, 4.69) is 51.8 Å². The van der Waals surface area contributed by atoms with Gasteiger partial charge in [-0.05, 0) is 39.9 Å². The highest BCUT2D eigenvalue weighted by Crippen LogP contribution is 2.14. The third kappa shape index (κ3) is 30.7. The Morgan fingerprint density at radius 2 is 0.641 bits per heavy atom. The molecule has 0 atom stereocenters. The highest BCUT2D eigenvalue weighted by atomic mass is 15.3. The van der Waals surface area contributed by atoms with Crippen LogP contribution in [0, 0.1) is 0 Å². The van der Waals surface area contributed by atoms with Crippen LogP contribution in [0.1, 0.15) is 168 Å². The zero-order valence-electron chi connectivity index (χ0n) is 28.6. The highest BCUT2D eigenvalue weighted by Gasteiger charge is 2.15. The van der Waals surface area contributed by atoms with Gasteiger partial charge in [0.15, 0.2) is 0 Å². The Bertz CT molecular complexity index is 464. The summed E-state index contributed by atoms with van der Waals surface area (Å²) >= 11 is 0. The molecule has 0 saturated heterocycles. The molecule has 0 bridgehead atoms. The third-order valence-electron chi connectivity index (χ3n) is 8.96. The molecule has 236 valence electrons. The Hall–Kier alpha value is -0.120. The average Bonchev–Trinajstić information content (AvgIpc) is 2.92. The van der Waals surface area contributed by atoms with Crippen molar-refractivity contribution in [3.63, 3.8) is 0 Å². The lowest BCUT2D eigenvalue weighted by Crippen LogP contribution is -2.46. The molecule has 0 amide bonds. The summed E-state index contributed by atoms with van der Waals surface area (Å²) < 4.78 is 1.18. The quantitative estimate of drug-likeness (QED) is 0.0605. The summed E-state index contributed by atoms with van der Waals surface area (Å²) in [6.07, 6.45) is 34.6. The van der Waals surface area contributed by atoms with Gasteiger partial charge in [-0.15, -0.1) is 0 Å². The molecule has 0 heterocycles. The van der Waals surface area contributed by atoms with Gasteiger partial charge < -0.3 is 9.38 Å². The Kier molecular flexibility index (Phi) is 29.3. The Labute approximate surface area is 249 Å². The monoisotopic (exact) mass is 553 g/mol. The maximum Gasteiger partial charge on any atom is 0.0911 e. The molecular weight excluding hydrogens is 474 g/mol. The summed E-state index contributed by atoms with van der Waals surface area (Å²) in [5, 5.41) is 0. The van der Waals surface area contributed by atoms with Gasteiger partial charge in [-0.3, -0.25) is 4.90 Å². The summed E-state index contributed by atoms with van der Waals surface area (Å²) in [4.78, 5) is 5.11. The normalized spacial score (nSPS) is 12.3. The topological polar surface area (TPSA) is 6.48 Å². The van der Waals surface area contributed by atoms with Gasteiger partial charge in [0.1, 0.15) is 0 Å². The van der Waals surface area contributed by atoms with Crippen molar-refractivity contribution in [2.24, 2.45) is 0 Å². The number of unbranched alkanes of at least 4 members (excludes halogenated alkanes) is 22. The first-order valence-electron chi connectivity index (χ1n) is 18.1. The molecular formula is C36H78N3+. The smallest absolute Gasteiger partial charge is 0.0911 e. The van der Waals surface area contributed by atoms with Gasteiger partial charge in [-0.2, -0.15) is 0 Å². The number of rotatable bonds is 32. The Morgan fingerprint density at radius 3 is 1.03 bits per heavy atom. The zero-order valence-corrected chi connectivity index (χ0v) is 28.6. The van der Waals surface area contributed by atoms with E-state index in [0.717, 1.165) is 0 Å². The van der Waals surface area contributed by atoms with Crippen LogP contribution in [0.5, 0.6) is 0 Å². The molecule has 0 aromatic rings. The summed E-state index contributed by atoms with van der Waals surface area (Å²) in [5.74, 6) is 0. The van der Waals surface area contributed by atoms with Gasteiger partial charge in [0.05, 0.1) is 27.2 Å². The van der Waals surface area contributed by atoms with Crippen LogP contribution in [0.15, 0.2) is 0 Å². The number of hydrogen-bond donors (Lipinski definition) is 0. The molecule has 0 aromatic carbocycles. The minimum Gasteiger partial charge on any atom is -0.327 e. The second-order valence-electron chi connectivity index (χ2n) is 13.8. The maximum absolute atomic E-state index is 2.56. The van der Waals surface area contributed by atoms with E-state index in [0.29, 0.717) is 0 Å². The first kappa shape index (κ1) is 38.9. The van der Waals surface area contributed by atoms with E-state index in [4.69, 9.17) is 0 Å². The second-order valence-corrected chi connectivity index (χ2v) is 13.8. The van der Waals surface area contributed by atoms with Crippen molar-refractivity contribution < 1.29 is 4.48 Å². The first-order valence-corrected chi connectivity index (χ1v) is 18.1. The van der Waals surface area contributed by atoms with Crippen molar-refractivity contribution in [1.82, 2.24) is 9.80 Å². The standard InChI is InChI=1S/C36H78N3/c1-7-9-11-13-15-17-19-21-23-25-27-29-31-37(3)32-33-38(4)34-36-39(5,6)35-30-28-26-24-22-20-18-16-14-12-10-8-2/h7-36H2,1-6H3/q+1. The number of nitrogens with zero attached hydrogens (tertiary/aromatic N) is 3. The summed E-state index contributed by atoms with van der Waals surface area (Å²) in [6, 6.07) is 0. The van der Waals surface area contributed by atoms with Crippen LogP contribution in [0.2, 0.25) is 0 Å². The van der Waals surface area contributed by atoms with Gasteiger partial charge in [0, 0.05) is 19.6 Å². The van der Waals surface area contributed by atoms with E-state index in [9.17, 15) is 0 Å². The van der Waals surface area contributed by atoms with E-state index < -0.39 is 0 Å². The molecule has 0 N–H and O–H groups in total. The predicted octanol–water partition coefficient (Wildman–Crippen LogP) is 10.3. The van der Waals surface area contributed by atoms with Gasteiger partial charge in [-0.25, -0.2) is 0 Å². The minimum atomic E-state index is 1.18. The van der Waals surface area contributed by atoms with Crippen LogP contribution in [-0.4, -0.2) is 81.7 Å². The molecule has 0 radical (unpaired) electrons.